The van der Waals surface area contributed by atoms with Crippen molar-refractivity contribution in [2.24, 2.45) is 0 Å². The van der Waals surface area contributed by atoms with E-state index in [2.05, 4.69) is 20.6 Å². The molecule has 1 aliphatic heterocycles. The van der Waals surface area contributed by atoms with Gasteiger partial charge in [0.15, 0.2) is 5.82 Å². The molecule has 5 rings (SSSR count). The van der Waals surface area contributed by atoms with Crippen molar-refractivity contribution >= 4 is 40.7 Å². The van der Waals surface area contributed by atoms with Crippen molar-refractivity contribution in [3.05, 3.63) is 115 Å². The Bertz CT molecular complexity index is 1510. The zero-order chi connectivity index (χ0) is 27.5. The third kappa shape index (κ3) is 5.92. The van der Waals surface area contributed by atoms with E-state index in [1.807, 2.05) is 61.5 Å². The van der Waals surface area contributed by atoms with E-state index < -0.39 is 6.04 Å². The molecular weight excluding hydrogens is 535 g/mol. The standard InChI is InChI=1S/C29H28Cl2N6O2/c1-17-20(6-13-26(32)36-17)14-35-28(38)25-12-11-23-15-33-27(29(39)37(23)25)34-16-24(18-2-7-21(30)8-3-18)19-4-9-22(31)10-5-19/h2-10,13,15,24-25H,11-12,14,16H2,1H3,(H2,32,36)(H,33,34)(H,35,38)/t25-/m0/s1. The average molecular weight is 563 g/mol. The molecule has 0 unspecified atom stereocenters. The highest BCUT2D eigenvalue weighted by atomic mass is 35.5. The third-order valence-corrected chi connectivity index (χ3v) is 7.55. The van der Waals surface area contributed by atoms with Gasteiger partial charge in [-0.25, -0.2) is 9.97 Å². The maximum absolute atomic E-state index is 13.5. The van der Waals surface area contributed by atoms with Crippen LogP contribution in [0.5, 0.6) is 0 Å². The highest BCUT2D eigenvalue weighted by molar-refractivity contribution is 6.30. The number of benzene rings is 2. The summed E-state index contributed by atoms with van der Waals surface area (Å²) in [6, 6.07) is 18.2. The van der Waals surface area contributed by atoms with E-state index >= 15 is 0 Å². The molecule has 1 aliphatic rings. The van der Waals surface area contributed by atoms with Crippen LogP contribution in [0.2, 0.25) is 10.0 Å². The Kier molecular flexibility index (Phi) is 7.86. The zero-order valence-corrected chi connectivity index (χ0v) is 22.8. The molecule has 1 amide bonds. The van der Waals surface area contributed by atoms with Crippen molar-refractivity contribution in [2.45, 2.75) is 38.3 Å². The molecule has 0 spiro atoms. The first kappa shape index (κ1) is 26.7. The van der Waals surface area contributed by atoms with E-state index in [-0.39, 0.29) is 23.2 Å². The average Bonchev–Trinajstić information content (AvgIpc) is 3.36. The highest BCUT2D eigenvalue weighted by Crippen LogP contribution is 2.28. The van der Waals surface area contributed by atoms with E-state index in [4.69, 9.17) is 28.9 Å². The predicted octanol–water partition coefficient (Wildman–Crippen LogP) is 4.88. The number of aryl methyl sites for hydroxylation is 2. The SMILES string of the molecule is Cc1nc(N)ccc1CNC(=O)[C@@H]1CCc2cnc(NCC(c3ccc(Cl)cc3)c3ccc(Cl)cc3)c(=O)n21. The van der Waals surface area contributed by atoms with Gasteiger partial charge in [-0.05, 0) is 66.8 Å². The van der Waals surface area contributed by atoms with Crippen molar-refractivity contribution < 1.29 is 4.79 Å². The van der Waals surface area contributed by atoms with Crippen LogP contribution in [-0.2, 0) is 17.8 Å². The fourth-order valence-corrected chi connectivity index (χ4v) is 5.18. The van der Waals surface area contributed by atoms with Crippen LogP contribution < -0.4 is 21.9 Å². The first-order chi connectivity index (χ1) is 18.8. The normalized spacial score (nSPS) is 14.3. The lowest BCUT2D eigenvalue weighted by Gasteiger charge is -2.20. The van der Waals surface area contributed by atoms with Gasteiger partial charge in [0.1, 0.15) is 11.9 Å². The molecule has 0 aliphatic carbocycles. The number of aromatic nitrogens is 3. The van der Waals surface area contributed by atoms with Gasteiger partial charge in [0, 0.05) is 46.6 Å². The molecule has 10 heteroatoms. The molecule has 2 aromatic carbocycles. The van der Waals surface area contributed by atoms with Gasteiger partial charge in [-0.3, -0.25) is 14.2 Å². The van der Waals surface area contributed by atoms with Crippen LogP contribution >= 0.6 is 23.2 Å². The number of halogens is 2. The van der Waals surface area contributed by atoms with Gasteiger partial charge >= 0.3 is 0 Å². The summed E-state index contributed by atoms with van der Waals surface area (Å²) in [5.74, 6) is 0.324. The molecule has 0 bridgehead atoms. The fraction of sp³-hybridized carbons (Fsp3) is 0.241. The molecule has 2 aromatic heterocycles. The molecule has 0 saturated carbocycles. The number of carbonyl (C=O) groups is 1. The van der Waals surface area contributed by atoms with Crippen molar-refractivity contribution in [1.82, 2.24) is 19.9 Å². The molecular formula is C29H28Cl2N6O2. The minimum Gasteiger partial charge on any atom is -0.384 e. The summed E-state index contributed by atoms with van der Waals surface area (Å²) in [4.78, 5) is 35.3. The maximum Gasteiger partial charge on any atom is 0.294 e. The number of nitrogen functional groups attached to an aromatic ring is 1. The lowest BCUT2D eigenvalue weighted by atomic mass is 9.91. The lowest BCUT2D eigenvalue weighted by Crippen LogP contribution is -2.36. The second-order valence-electron chi connectivity index (χ2n) is 9.56. The summed E-state index contributed by atoms with van der Waals surface area (Å²) in [5, 5.41) is 7.48. The number of anilines is 2. The Balaban J connectivity index is 1.35. The molecule has 0 saturated heterocycles. The Morgan fingerprint density at radius 1 is 1.05 bits per heavy atom. The second kappa shape index (κ2) is 11.5. The second-order valence-corrected chi connectivity index (χ2v) is 10.4. The summed E-state index contributed by atoms with van der Waals surface area (Å²) in [6.07, 6.45) is 2.80. The van der Waals surface area contributed by atoms with Gasteiger partial charge in [0.25, 0.3) is 5.56 Å². The van der Waals surface area contributed by atoms with Crippen molar-refractivity contribution in [3.63, 3.8) is 0 Å². The Morgan fingerprint density at radius 3 is 2.31 bits per heavy atom. The summed E-state index contributed by atoms with van der Waals surface area (Å²) < 4.78 is 1.55. The Hall–Kier alpha value is -3.88. The number of carbonyl (C=O) groups excluding carboxylic acids is 1. The van der Waals surface area contributed by atoms with Crippen molar-refractivity contribution in [1.29, 1.82) is 0 Å². The smallest absolute Gasteiger partial charge is 0.294 e. The molecule has 8 nitrogen and oxygen atoms in total. The van der Waals surface area contributed by atoms with E-state index in [0.29, 0.717) is 41.8 Å². The number of amides is 1. The van der Waals surface area contributed by atoms with E-state index in [1.54, 1.807) is 16.8 Å². The number of nitrogens with zero attached hydrogens (tertiary/aromatic N) is 3. The Morgan fingerprint density at radius 2 is 1.69 bits per heavy atom. The van der Waals surface area contributed by atoms with Gasteiger partial charge < -0.3 is 16.4 Å². The van der Waals surface area contributed by atoms with Crippen LogP contribution in [0.15, 0.2) is 71.7 Å². The molecule has 39 heavy (non-hydrogen) atoms. The third-order valence-electron chi connectivity index (χ3n) is 7.05. The summed E-state index contributed by atoms with van der Waals surface area (Å²) in [6.45, 7) is 2.56. The van der Waals surface area contributed by atoms with E-state index in [1.165, 1.54) is 0 Å². The van der Waals surface area contributed by atoms with Crippen LogP contribution in [0.4, 0.5) is 11.6 Å². The number of hydrogen-bond donors (Lipinski definition) is 3. The van der Waals surface area contributed by atoms with Crippen LogP contribution in [0.3, 0.4) is 0 Å². The Labute approximate surface area is 236 Å². The number of rotatable bonds is 8. The number of pyridine rings is 1. The van der Waals surface area contributed by atoms with E-state index in [9.17, 15) is 9.59 Å². The molecule has 200 valence electrons. The first-order valence-electron chi connectivity index (χ1n) is 12.6. The predicted molar refractivity (Wildman–Crippen MR) is 154 cm³/mol. The zero-order valence-electron chi connectivity index (χ0n) is 21.3. The van der Waals surface area contributed by atoms with Crippen molar-refractivity contribution in [3.8, 4) is 0 Å². The quantitative estimate of drug-likeness (QED) is 0.282. The molecule has 1 atom stereocenters. The molecule has 3 heterocycles. The molecule has 4 aromatic rings. The van der Waals surface area contributed by atoms with Gasteiger partial charge in [-0.1, -0.05) is 53.5 Å². The number of hydrogen-bond acceptors (Lipinski definition) is 6. The van der Waals surface area contributed by atoms with Gasteiger partial charge in [0.05, 0.1) is 0 Å². The van der Waals surface area contributed by atoms with Gasteiger partial charge in [0.2, 0.25) is 5.91 Å². The van der Waals surface area contributed by atoms with Gasteiger partial charge in [-0.15, -0.1) is 0 Å². The van der Waals surface area contributed by atoms with Crippen LogP contribution in [-0.4, -0.2) is 27.0 Å². The van der Waals surface area contributed by atoms with Crippen LogP contribution in [0, 0.1) is 6.92 Å². The molecule has 4 N–H and O–H groups in total. The lowest BCUT2D eigenvalue weighted by molar-refractivity contribution is -0.124. The topological polar surface area (TPSA) is 115 Å². The summed E-state index contributed by atoms with van der Waals surface area (Å²) >= 11 is 12.2. The fourth-order valence-electron chi connectivity index (χ4n) is 4.92. The van der Waals surface area contributed by atoms with Crippen molar-refractivity contribution in [2.75, 3.05) is 17.6 Å². The first-order valence-corrected chi connectivity index (χ1v) is 13.4. The van der Waals surface area contributed by atoms with Crippen LogP contribution in [0.25, 0.3) is 0 Å². The number of nitrogens with two attached hydrogens (primary N) is 1. The number of fused-ring (bicyclic) bond motifs is 1. The minimum absolute atomic E-state index is 0.0881. The summed E-state index contributed by atoms with van der Waals surface area (Å²) in [5.41, 5.74) is 9.83. The van der Waals surface area contributed by atoms with Gasteiger partial charge in [-0.2, -0.15) is 0 Å². The maximum atomic E-state index is 13.5. The molecule has 0 radical (unpaired) electrons. The largest absolute Gasteiger partial charge is 0.384 e. The van der Waals surface area contributed by atoms with Crippen LogP contribution in [0.1, 0.15) is 46.5 Å². The monoisotopic (exact) mass is 562 g/mol. The van der Waals surface area contributed by atoms with E-state index in [0.717, 1.165) is 28.1 Å². The highest BCUT2D eigenvalue weighted by Gasteiger charge is 2.30. The number of nitrogens with one attached hydrogen (secondary N) is 2. The minimum atomic E-state index is -0.610. The summed E-state index contributed by atoms with van der Waals surface area (Å²) in [7, 11) is 0. The molecule has 0 fully saturated rings.